The molecular formula is C12H16OZr. The molecule has 0 atom stereocenters. The first kappa shape index (κ1) is 16.0. The summed E-state index contributed by atoms with van der Waals surface area (Å²) in [5.41, 5.74) is 0. The Kier molecular flexibility index (Phi) is 17.2. The van der Waals surface area contributed by atoms with Gasteiger partial charge in [-0.3, -0.25) is 0 Å². The molecule has 0 saturated heterocycles. The van der Waals surface area contributed by atoms with E-state index in [1.165, 1.54) is 0 Å². The average molecular weight is 267 g/mol. The van der Waals surface area contributed by atoms with Crippen molar-refractivity contribution in [2.24, 2.45) is 0 Å². The molecule has 0 aliphatic rings. The quantitative estimate of drug-likeness (QED) is 0.728. The van der Waals surface area contributed by atoms with E-state index in [0.29, 0.717) is 0 Å². The van der Waals surface area contributed by atoms with Gasteiger partial charge in [0.05, 0.1) is 0 Å². The average Bonchev–Trinajstić information content (AvgIpc) is 2.85. The van der Waals surface area contributed by atoms with Crippen LogP contribution >= 0.6 is 0 Å². The third-order valence-corrected chi connectivity index (χ3v) is 1.11. The zero-order valence-electron chi connectivity index (χ0n) is 8.43. The van der Waals surface area contributed by atoms with Crippen LogP contribution in [0.4, 0.5) is 0 Å². The Bertz CT molecular complexity index is 162. The molecule has 14 heavy (non-hydrogen) atoms. The Morgan fingerprint density at radius 1 is 0.857 bits per heavy atom. The Balaban J connectivity index is 0. The van der Waals surface area contributed by atoms with Gasteiger partial charge in [-0.2, -0.15) is 36.4 Å². The molecule has 0 unspecified atom stereocenters. The van der Waals surface area contributed by atoms with Crippen molar-refractivity contribution in [1.82, 2.24) is 0 Å². The fraction of sp³-hybridized carbons (Fsp3) is 0.167. The Hall–Kier alpha value is -0.457. The van der Waals surface area contributed by atoms with E-state index in [4.69, 9.17) is 5.11 Å². The second-order valence-corrected chi connectivity index (χ2v) is 2.24. The fourth-order valence-electron chi connectivity index (χ4n) is 0.642. The number of rotatable bonds is 0. The zero-order chi connectivity index (χ0) is 9.78. The van der Waals surface area contributed by atoms with Crippen LogP contribution in [-0.2, 0) is 26.2 Å². The molecule has 0 aromatic heterocycles. The fourth-order valence-corrected chi connectivity index (χ4v) is 0.642. The van der Waals surface area contributed by atoms with Crippen LogP contribution in [0.25, 0.3) is 0 Å². The zero-order valence-corrected chi connectivity index (χ0v) is 10.9. The van der Waals surface area contributed by atoms with Crippen LogP contribution < -0.4 is 0 Å². The predicted octanol–water partition coefficient (Wildman–Crippen LogP) is 2.81. The Labute approximate surface area is 105 Å². The normalized spacial score (nSPS) is 7.00. The summed E-state index contributed by atoms with van der Waals surface area (Å²) in [6.45, 7) is 1.93. The summed E-state index contributed by atoms with van der Waals surface area (Å²) < 4.78 is 0. The summed E-state index contributed by atoms with van der Waals surface area (Å²) in [7, 11) is 0. The first-order valence-electron chi connectivity index (χ1n) is 4.36. The third kappa shape index (κ3) is 14.1. The summed E-state index contributed by atoms with van der Waals surface area (Å²) in [4.78, 5) is 0. The van der Waals surface area contributed by atoms with E-state index in [2.05, 4.69) is 0 Å². The van der Waals surface area contributed by atoms with Gasteiger partial charge in [-0.15, -0.1) is 0 Å². The molecule has 74 valence electrons. The van der Waals surface area contributed by atoms with Crippen LogP contribution in [0.15, 0.2) is 60.7 Å². The van der Waals surface area contributed by atoms with Crippen molar-refractivity contribution in [3.8, 4) is 0 Å². The SMILES string of the molecule is CCO.[Zr+2].c1cc[cH-]c1.c1cc[cH-]c1. The largest absolute Gasteiger partial charge is 2.00 e. The standard InChI is InChI=1S/2C5H5.C2H6O.Zr/c2*1-2-4-5-3-1;1-2-3;/h2*1-5H;3H,2H2,1H3;/q2*-1;;+2. The van der Waals surface area contributed by atoms with Gasteiger partial charge in [-0.05, 0) is 6.92 Å². The Morgan fingerprint density at radius 2 is 1.07 bits per heavy atom. The van der Waals surface area contributed by atoms with Gasteiger partial charge in [0.15, 0.2) is 0 Å². The van der Waals surface area contributed by atoms with E-state index in [9.17, 15) is 0 Å². The van der Waals surface area contributed by atoms with Gasteiger partial charge in [0, 0.05) is 6.61 Å². The summed E-state index contributed by atoms with van der Waals surface area (Å²) in [6, 6.07) is 20.0. The minimum Gasteiger partial charge on any atom is -0.397 e. The van der Waals surface area contributed by atoms with Crippen molar-refractivity contribution >= 4 is 0 Å². The van der Waals surface area contributed by atoms with Gasteiger partial charge < -0.3 is 5.11 Å². The van der Waals surface area contributed by atoms with Crippen LogP contribution in [0.5, 0.6) is 0 Å². The molecule has 2 aromatic carbocycles. The maximum atomic E-state index is 7.57. The summed E-state index contributed by atoms with van der Waals surface area (Å²) >= 11 is 0. The molecule has 1 N–H and O–H groups in total. The van der Waals surface area contributed by atoms with E-state index in [1.807, 2.05) is 60.7 Å². The summed E-state index contributed by atoms with van der Waals surface area (Å²) in [6.07, 6.45) is 0. The van der Waals surface area contributed by atoms with E-state index >= 15 is 0 Å². The second kappa shape index (κ2) is 15.0. The molecule has 0 spiro atoms. The van der Waals surface area contributed by atoms with Crippen molar-refractivity contribution < 1.29 is 31.3 Å². The minimum atomic E-state index is 0. The van der Waals surface area contributed by atoms with Gasteiger partial charge in [0.1, 0.15) is 0 Å². The van der Waals surface area contributed by atoms with Gasteiger partial charge in [0.25, 0.3) is 0 Å². The van der Waals surface area contributed by atoms with Gasteiger partial charge in [0.2, 0.25) is 0 Å². The van der Waals surface area contributed by atoms with Crippen LogP contribution in [0, 0.1) is 0 Å². The van der Waals surface area contributed by atoms with Gasteiger partial charge in [-0.1, -0.05) is 0 Å². The van der Waals surface area contributed by atoms with Crippen LogP contribution in [-0.4, -0.2) is 11.7 Å². The monoisotopic (exact) mass is 266 g/mol. The molecule has 0 amide bonds. The van der Waals surface area contributed by atoms with Crippen LogP contribution in [0.3, 0.4) is 0 Å². The van der Waals surface area contributed by atoms with Crippen molar-refractivity contribution in [2.75, 3.05) is 6.61 Å². The molecule has 2 rings (SSSR count). The predicted molar refractivity (Wildman–Crippen MR) is 56.8 cm³/mol. The van der Waals surface area contributed by atoms with E-state index in [1.54, 1.807) is 6.92 Å². The number of aliphatic hydroxyl groups excluding tert-OH is 1. The number of aliphatic hydroxyl groups is 1. The number of hydrogen-bond donors (Lipinski definition) is 1. The molecule has 0 aliphatic carbocycles. The third-order valence-electron chi connectivity index (χ3n) is 1.11. The molecule has 0 heterocycles. The van der Waals surface area contributed by atoms with Gasteiger partial charge >= 0.3 is 26.2 Å². The summed E-state index contributed by atoms with van der Waals surface area (Å²) in [5.74, 6) is 0. The first-order chi connectivity index (χ1) is 6.41. The topological polar surface area (TPSA) is 20.2 Å². The molecule has 1 nitrogen and oxygen atoms in total. The molecular weight excluding hydrogens is 251 g/mol. The second-order valence-electron chi connectivity index (χ2n) is 2.24. The molecule has 2 aromatic rings. The van der Waals surface area contributed by atoms with Gasteiger partial charge in [-0.25, -0.2) is 24.3 Å². The van der Waals surface area contributed by atoms with E-state index < -0.39 is 0 Å². The molecule has 0 radical (unpaired) electrons. The minimum absolute atomic E-state index is 0. The summed E-state index contributed by atoms with van der Waals surface area (Å²) in [5, 5.41) is 7.57. The maximum absolute atomic E-state index is 7.57. The van der Waals surface area contributed by atoms with Crippen molar-refractivity contribution in [3.63, 3.8) is 0 Å². The number of hydrogen-bond acceptors (Lipinski definition) is 1. The van der Waals surface area contributed by atoms with E-state index in [0.717, 1.165) is 0 Å². The molecule has 0 bridgehead atoms. The van der Waals surface area contributed by atoms with E-state index in [-0.39, 0.29) is 32.8 Å². The van der Waals surface area contributed by atoms with Crippen LogP contribution in [0.2, 0.25) is 0 Å². The maximum Gasteiger partial charge on any atom is 2.00 e. The molecule has 0 aliphatic heterocycles. The smallest absolute Gasteiger partial charge is 0.397 e. The van der Waals surface area contributed by atoms with Crippen molar-refractivity contribution in [3.05, 3.63) is 60.7 Å². The van der Waals surface area contributed by atoms with Crippen molar-refractivity contribution in [1.29, 1.82) is 0 Å². The van der Waals surface area contributed by atoms with Crippen LogP contribution in [0.1, 0.15) is 6.92 Å². The molecule has 0 saturated carbocycles. The Morgan fingerprint density at radius 3 is 1.14 bits per heavy atom. The molecule has 0 fully saturated rings. The molecule has 2 heteroatoms. The first-order valence-corrected chi connectivity index (χ1v) is 4.36. The van der Waals surface area contributed by atoms with Crippen molar-refractivity contribution in [2.45, 2.75) is 6.92 Å².